The normalized spacial score (nSPS) is 9.40. The molecule has 2 N–H and O–H groups in total. The van der Waals surface area contributed by atoms with Crippen LogP contribution in [-0.4, -0.2) is 22.2 Å². The highest BCUT2D eigenvalue weighted by Crippen LogP contribution is 2.29. The number of rotatable bonds is 5. The monoisotopic (exact) mass is 267 g/mol. The van der Waals surface area contributed by atoms with Crippen LogP contribution in [0.15, 0.2) is 23.4 Å². The number of nitrogens with zero attached hydrogens (tertiary/aromatic N) is 2. The molecule has 0 atom stereocenters. The topological polar surface area (TPSA) is 82.0 Å². The van der Waals surface area contributed by atoms with Crippen LogP contribution >= 0.6 is 34.0 Å². The second-order valence-electron chi connectivity index (χ2n) is 2.31. The Morgan fingerprint density at radius 3 is 2.73 bits per heavy atom. The Kier molecular flexibility index (Phi) is 7.49. The minimum atomic E-state index is -0.464. The molecule has 0 aromatic carbocycles. The zero-order chi connectivity index (χ0) is 10.4. The number of pyridine rings is 1. The third-order valence-electron chi connectivity index (χ3n) is 1.28. The lowest BCUT2D eigenvalue weighted by atomic mass is 10.4. The molecule has 8 heteroatoms. The second kappa shape index (κ2) is 7.75. The number of aromatic nitrogens is 1. The number of halogens is 1. The van der Waals surface area contributed by atoms with Gasteiger partial charge in [-0.15, -0.1) is 12.4 Å². The molecular formula is C7H10ClN3O2S2. The molecule has 0 amide bonds. The molecule has 84 valence electrons. The van der Waals surface area contributed by atoms with Gasteiger partial charge in [0, 0.05) is 18.4 Å². The van der Waals surface area contributed by atoms with Gasteiger partial charge in [-0.25, -0.2) is 4.98 Å². The van der Waals surface area contributed by atoms with E-state index in [0.29, 0.717) is 6.54 Å². The summed E-state index contributed by atoms with van der Waals surface area (Å²) in [6.45, 7) is 0.616. The predicted molar refractivity (Wildman–Crippen MR) is 65.5 cm³/mol. The van der Waals surface area contributed by atoms with E-state index in [9.17, 15) is 10.1 Å². The second-order valence-corrected chi connectivity index (χ2v) is 4.74. The fourth-order valence-electron chi connectivity index (χ4n) is 0.680. The zero-order valence-electron chi connectivity index (χ0n) is 7.66. The van der Waals surface area contributed by atoms with Crippen molar-refractivity contribution in [2.75, 3.05) is 12.3 Å². The van der Waals surface area contributed by atoms with Crippen molar-refractivity contribution in [2.45, 2.75) is 5.03 Å². The fourth-order valence-corrected chi connectivity index (χ4v) is 2.40. The van der Waals surface area contributed by atoms with E-state index in [2.05, 4.69) is 4.98 Å². The highest BCUT2D eigenvalue weighted by atomic mass is 35.5. The number of hydrogen-bond donors (Lipinski definition) is 1. The van der Waals surface area contributed by atoms with Crippen LogP contribution in [0.2, 0.25) is 0 Å². The molecular weight excluding hydrogens is 258 g/mol. The average molecular weight is 268 g/mol. The van der Waals surface area contributed by atoms with E-state index in [-0.39, 0.29) is 18.1 Å². The van der Waals surface area contributed by atoms with Gasteiger partial charge in [0.2, 0.25) is 0 Å². The summed E-state index contributed by atoms with van der Waals surface area (Å²) in [6.07, 6.45) is 1.26. The fraction of sp³-hybridized carbons (Fsp3) is 0.286. The summed E-state index contributed by atoms with van der Waals surface area (Å²) in [5.41, 5.74) is 5.32. The van der Waals surface area contributed by atoms with Crippen LogP contribution < -0.4 is 5.73 Å². The van der Waals surface area contributed by atoms with Gasteiger partial charge in [-0.3, -0.25) is 10.1 Å². The standard InChI is InChI=1S/C7H9N3O2S2.ClH/c8-3-4-13-14-7-2-1-6(5-9-7)10(11)12;/h1-2,5H,3-4,8H2;1H. The van der Waals surface area contributed by atoms with Crippen molar-refractivity contribution in [3.05, 3.63) is 28.4 Å². The van der Waals surface area contributed by atoms with Crippen molar-refractivity contribution >= 4 is 39.7 Å². The van der Waals surface area contributed by atoms with Crippen LogP contribution in [0.4, 0.5) is 5.69 Å². The lowest BCUT2D eigenvalue weighted by Gasteiger charge is -1.97. The molecule has 0 fully saturated rings. The minimum absolute atomic E-state index is 0. The van der Waals surface area contributed by atoms with E-state index in [0.717, 1.165) is 10.8 Å². The van der Waals surface area contributed by atoms with Crippen molar-refractivity contribution in [1.82, 2.24) is 4.98 Å². The SMILES string of the molecule is Cl.NCCSSc1ccc([N+](=O)[O-])cn1. The third-order valence-corrected chi connectivity index (χ3v) is 3.58. The minimum Gasteiger partial charge on any atom is -0.330 e. The van der Waals surface area contributed by atoms with Gasteiger partial charge < -0.3 is 5.73 Å². The average Bonchev–Trinajstić information content (AvgIpc) is 2.19. The summed E-state index contributed by atoms with van der Waals surface area (Å²) in [4.78, 5) is 13.8. The smallest absolute Gasteiger partial charge is 0.287 e. The summed E-state index contributed by atoms with van der Waals surface area (Å²) in [5.74, 6) is 0.837. The lowest BCUT2D eigenvalue weighted by Crippen LogP contribution is -1.99. The van der Waals surface area contributed by atoms with Crippen LogP contribution in [0.5, 0.6) is 0 Å². The van der Waals surface area contributed by atoms with Crippen molar-refractivity contribution in [3.63, 3.8) is 0 Å². The van der Waals surface area contributed by atoms with Gasteiger partial charge in [0.05, 0.1) is 4.92 Å². The van der Waals surface area contributed by atoms with Gasteiger partial charge in [-0.05, 0) is 16.9 Å². The van der Waals surface area contributed by atoms with Crippen LogP contribution in [0.25, 0.3) is 0 Å². The van der Waals surface area contributed by atoms with Crippen LogP contribution in [0, 0.1) is 10.1 Å². The maximum absolute atomic E-state index is 10.3. The molecule has 1 heterocycles. The van der Waals surface area contributed by atoms with Crippen molar-refractivity contribution < 1.29 is 4.92 Å². The first-order valence-corrected chi connectivity index (χ1v) is 6.16. The molecule has 0 spiro atoms. The molecule has 0 aliphatic rings. The Hall–Kier alpha value is -0.500. The molecule has 15 heavy (non-hydrogen) atoms. The Balaban J connectivity index is 0.00000196. The molecule has 1 aromatic heterocycles. The maximum Gasteiger partial charge on any atom is 0.287 e. The van der Waals surface area contributed by atoms with Gasteiger partial charge in [-0.2, -0.15) is 0 Å². The summed E-state index contributed by atoms with van der Waals surface area (Å²) < 4.78 is 0. The van der Waals surface area contributed by atoms with Crippen molar-refractivity contribution in [3.8, 4) is 0 Å². The first kappa shape index (κ1) is 14.5. The Morgan fingerprint density at radius 2 is 2.27 bits per heavy atom. The largest absolute Gasteiger partial charge is 0.330 e. The first-order valence-electron chi connectivity index (χ1n) is 3.84. The molecule has 0 saturated heterocycles. The molecule has 0 radical (unpaired) electrons. The van der Waals surface area contributed by atoms with E-state index in [1.54, 1.807) is 16.9 Å². The Bertz CT molecular complexity index is 310. The number of nitro groups is 1. The molecule has 5 nitrogen and oxygen atoms in total. The van der Waals surface area contributed by atoms with Gasteiger partial charge in [-0.1, -0.05) is 10.8 Å². The summed E-state index contributed by atoms with van der Waals surface area (Å²) in [6, 6.07) is 3.07. The molecule has 0 unspecified atom stereocenters. The summed E-state index contributed by atoms with van der Waals surface area (Å²) in [7, 11) is 3.05. The molecule has 1 rings (SSSR count). The van der Waals surface area contributed by atoms with Crippen molar-refractivity contribution in [2.24, 2.45) is 5.73 Å². The van der Waals surface area contributed by atoms with E-state index in [4.69, 9.17) is 5.73 Å². The number of hydrogen-bond acceptors (Lipinski definition) is 6. The number of nitrogens with two attached hydrogens (primary N) is 1. The van der Waals surface area contributed by atoms with Crippen LogP contribution in [0.3, 0.4) is 0 Å². The van der Waals surface area contributed by atoms with E-state index in [1.807, 2.05) is 0 Å². The molecule has 0 aliphatic carbocycles. The highest BCUT2D eigenvalue weighted by Gasteiger charge is 2.05. The van der Waals surface area contributed by atoms with E-state index in [1.165, 1.54) is 23.1 Å². The third kappa shape index (κ3) is 5.22. The maximum atomic E-state index is 10.3. The zero-order valence-corrected chi connectivity index (χ0v) is 10.1. The van der Waals surface area contributed by atoms with Gasteiger partial charge in [0.1, 0.15) is 11.2 Å². The Morgan fingerprint density at radius 1 is 1.53 bits per heavy atom. The Labute approximate surface area is 101 Å². The molecule has 0 bridgehead atoms. The van der Waals surface area contributed by atoms with Gasteiger partial charge in [0.25, 0.3) is 5.69 Å². The summed E-state index contributed by atoms with van der Waals surface area (Å²) in [5, 5.41) is 11.1. The van der Waals surface area contributed by atoms with Crippen LogP contribution in [0.1, 0.15) is 0 Å². The highest BCUT2D eigenvalue weighted by molar-refractivity contribution is 8.76. The molecule has 0 aliphatic heterocycles. The van der Waals surface area contributed by atoms with Gasteiger partial charge >= 0.3 is 0 Å². The summed E-state index contributed by atoms with van der Waals surface area (Å²) >= 11 is 0. The first-order chi connectivity index (χ1) is 6.74. The molecule has 0 saturated carbocycles. The van der Waals surface area contributed by atoms with E-state index < -0.39 is 4.92 Å². The molecule has 1 aromatic rings. The quantitative estimate of drug-likeness (QED) is 0.381. The van der Waals surface area contributed by atoms with Crippen LogP contribution in [-0.2, 0) is 0 Å². The lowest BCUT2D eigenvalue weighted by molar-refractivity contribution is -0.385. The predicted octanol–water partition coefficient (Wildman–Crippen LogP) is 2.11. The van der Waals surface area contributed by atoms with E-state index >= 15 is 0 Å². The van der Waals surface area contributed by atoms with Gasteiger partial charge in [0.15, 0.2) is 0 Å². The van der Waals surface area contributed by atoms with Crippen molar-refractivity contribution in [1.29, 1.82) is 0 Å².